The van der Waals surface area contributed by atoms with Gasteiger partial charge < -0.3 is 5.32 Å². The van der Waals surface area contributed by atoms with E-state index in [-0.39, 0.29) is 23.0 Å². The van der Waals surface area contributed by atoms with Gasteiger partial charge in [0, 0.05) is 34.2 Å². The van der Waals surface area contributed by atoms with Gasteiger partial charge in [0.1, 0.15) is 0 Å². The van der Waals surface area contributed by atoms with Crippen LogP contribution in [0.15, 0.2) is 78.0 Å². The van der Waals surface area contributed by atoms with E-state index < -0.39 is 6.04 Å². The highest BCUT2D eigenvalue weighted by Crippen LogP contribution is 2.49. The Morgan fingerprint density at radius 1 is 0.976 bits per heavy atom. The molecule has 41 heavy (non-hydrogen) atoms. The molecule has 0 radical (unpaired) electrons. The third-order valence-electron chi connectivity index (χ3n) is 8.26. The van der Waals surface area contributed by atoms with E-state index in [0.717, 1.165) is 41.9 Å². The molecule has 1 heterocycles. The molecule has 0 saturated heterocycles. The predicted molar refractivity (Wildman–Crippen MR) is 170 cm³/mol. The molecule has 1 aliphatic heterocycles. The number of fused-ring (bicyclic) bond motifs is 1. The molecule has 6 heteroatoms. The molecule has 0 spiro atoms. The van der Waals surface area contributed by atoms with Gasteiger partial charge in [-0.3, -0.25) is 14.5 Å². The number of rotatable bonds is 6. The Bertz CT molecular complexity index is 1490. The third kappa shape index (κ3) is 6.10. The monoisotopic (exact) mass is 588 g/mol. The zero-order valence-electron chi connectivity index (χ0n) is 24.3. The van der Waals surface area contributed by atoms with Gasteiger partial charge in [-0.05, 0) is 65.1 Å². The fraction of sp³-hybridized carbons (Fsp3) is 0.371. The molecule has 4 nitrogen and oxygen atoms in total. The van der Waals surface area contributed by atoms with Gasteiger partial charge in [0.05, 0.1) is 17.4 Å². The second-order valence-corrected chi connectivity index (χ2v) is 13.1. The van der Waals surface area contributed by atoms with E-state index in [9.17, 15) is 9.59 Å². The van der Waals surface area contributed by atoms with Crippen LogP contribution in [-0.4, -0.2) is 11.7 Å². The van der Waals surface area contributed by atoms with Crippen molar-refractivity contribution in [1.29, 1.82) is 0 Å². The SMILES string of the molecule is CCCCCC(=O)N1c2ccccc2NC2=C(C(=O)C[C@H](c3ccc(C(C)(C)C)cc3)C2)[C@H]1c1ccc(Cl)cc1Cl. The molecule has 1 amide bonds. The number of anilines is 2. The summed E-state index contributed by atoms with van der Waals surface area (Å²) in [5.41, 5.74) is 6.18. The average Bonchev–Trinajstić information content (AvgIpc) is 3.07. The molecule has 3 aromatic rings. The minimum absolute atomic E-state index is 0.0230. The highest BCUT2D eigenvalue weighted by molar-refractivity contribution is 6.35. The zero-order valence-corrected chi connectivity index (χ0v) is 25.8. The van der Waals surface area contributed by atoms with E-state index in [1.807, 2.05) is 30.3 Å². The first kappa shape index (κ1) is 29.4. The number of Topliss-reactive ketones (excluding diaryl/α,β-unsaturated/α-hetero) is 1. The van der Waals surface area contributed by atoms with Crippen molar-refractivity contribution >= 4 is 46.3 Å². The molecule has 1 aliphatic carbocycles. The largest absolute Gasteiger partial charge is 0.357 e. The van der Waals surface area contributed by atoms with Gasteiger partial charge in [0.25, 0.3) is 0 Å². The average molecular weight is 590 g/mol. The summed E-state index contributed by atoms with van der Waals surface area (Å²) in [5, 5.41) is 4.55. The van der Waals surface area contributed by atoms with Crippen molar-refractivity contribution in [3.63, 3.8) is 0 Å². The molecule has 0 unspecified atom stereocenters. The summed E-state index contributed by atoms with van der Waals surface area (Å²) in [4.78, 5) is 30.1. The van der Waals surface area contributed by atoms with Crippen molar-refractivity contribution in [3.05, 3.63) is 105 Å². The molecule has 3 aromatic carbocycles. The van der Waals surface area contributed by atoms with E-state index >= 15 is 0 Å². The Hall–Kier alpha value is -3.08. The van der Waals surface area contributed by atoms with Crippen LogP contribution in [0.5, 0.6) is 0 Å². The minimum Gasteiger partial charge on any atom is -0.357 e. The Morgan fingerprint density at radius 2 is 1.71 bits per heavy atom. The molecule has 0 fully saturated rings. The van der Waals surface area contributed by atoms with Crippen LogP contribution >= 0.6 is 23.2 Å². The maximum absolute atomic E-state index is 14.2. The van der Waals surface area contributed by atoms with E-state index in [0.29, 0.717) is 40.4 Å². The van der Waals surface area contributed by atoms with Crippen molar-refractivity contribution in [2.45, 2.75) is 83.6 Å². The van der Waals surface area contributed by atoms with Gasteiger partial charge in [-0.1, -0.05) is 106 Å². The topological polar surface area (TPSA) is 49.4 Å². The zero-order chi connectivity index (χ0) is 29.3. The molecule has 2 atom stereocenters. The summed E-state index contributed by atoms with van der Waals surface area (Å²) in [6.07, 6.45) is 4.19. The summed E-state index contributed by atoms with van der Waals surface area (Å²) < 4.78 is 0. The van der Waals surface area contributed by atoms with E-state index in [1.54, 1.807) is 17.0 Å². The maximum Gasteiger partial charge on any atom is 0.227 e. The van der Waals surface area contributed by atoms with Crippen LogP contribution in [0.2, 0.25) is 10.0 Å². The highest BCUT2D eigenvalue weighted by Gasteiger charge is 2.42. The van der Waals surface area contributed by atoms with Gasteiger partial charge in [-0.15, -0.1) is 0 Å². The van der Waals surface area contributed by atoms with Gasteiger partial charge in [-0.2, -0.15) is 0 Å². The number of hydrogen-bond acceptors (Lipinski definition) is 3. The molecular formula is C35H38Cl2N2O2. The Labute approximate surface area is 253 Å². The van der Waals surface area contributed by atoms with Crippen molar-refractivity contribution in [2.75, 3.05) is 10.2 Å². The fourth-order valence-electron chi connectivity index (χ4n) is 6.02. The molecule has 0 aromatic heterocycles. The van der Waals surface area contributed by atoms with Crippen LogP contribution in [0.4, 0.5) is 11.4 Å². The molecule has 1 N–H and O–H groups in total. The van der Waals surface area contributed by atoms with Gasteiger partial charge >= 0.3 is 0 Å². The number of nitrogens with zero attached hydrogens (tertiary/aromatic N) is 1. The number of para-hydroxylation sites is 2. The summed E-state index contributed by atoms with van der Waals surface area (Å²) in [5.74, 6) is 0.0343. The number of carbonyl (C=O) groups excluding carboxylic acids is 2. The lowest BCUT2D eigenvalue weighted by atomic mass is 9.77. The number of carbonyl (C=O) groups is 2. The Kier molecular flexibility index (Phi) is 8.63. The number of halogens is 2. The van der Waals surface area contributed by atoms with E-state index in [2.05, 4.69) is 57.3 Å². The van der Waals surface area contributed by atoms with Gasteiger partial charge in [0.15, 0.2) is 5.78 Å². The van der Waals surface area contributed by atoms with Crippen LogP contribution in [-0.2, 0) is 15.0 Å². The number of amides is 1. The van der Waals surface area contributed by atoms with Crippen LogP contribution in [0, 0.1) is 0 Å². The second kappa shape index (κ2) is 12.0. The third-order valence-corrected chi connectivity index (χ3v) is 8.82. The Balaban J connectivity index is 1.64. The Morgan fingerprint density at radius 3 is 2.39 bits per heavy atom. The number of hydrogen-bond donors (Lipinski definition) is 1. The first-order chi connectivity index (χ1) is 19.6. The summed E-state index contributed by atoms with van der Waals surface area (Å²) in [7, 11) is 0. The van der Waals surface area contributed by atoms with Crippen molar-refractivity contribution in [3.8, 4) is 0 Å². The smallest absolute Gasteiger partial charge is 0.227 e. The predicted octanol–water partition coefficient (Wildman–Crippen LogP) is 9.77. The van der Waals surface area contributed by atoms with Gasteiger partial charge in [-0.25, -0.2) is 0 Å². The van der Waals surface area contributed by atoms with E-state index in [1.165, 1.54) is 5.56 Å². The lowest BCUT2D eigenvalue weighted by Gasteiger charge is -2.35. The van der Waals surface area contributed by atoms with Crippen molar-refractivity contribution < 1.29 is 9.59 Å². The van der Waals surface area contributed by atoms with Crippen LogP contribution < -0.4 is 10.2 Å². The first-order valence-corrected chi connectivity index (χ1v) is 15.3. The number of benzene rings is 3. The summed E-state index contributed by atoms with van der Waals surface area (Å²) >= 11 is 13.1. The number of nitrogens with one attached hydrogen (secondary N) is 1. The normalized spacial score (nSPS) is 18.9. The number of ketones is 1. The van der Waals surface area contributed by atoms with E-state index in [4.69, 9.17) is 23.2 Å². The van der Waals surface area contributed by atoms with Crippen LogP contribution in [0.3, 0.4) is 0 Å². The summed E-state index contributed by atoms with van der Waals surface area (Å²) in [6.45, 7) is 8.73. The molecule has 0 saturated carbocycles. The van der Waals surface area contributed by atoms with Crippen molar-refractivity contribution in [2.24, 2.45) is 0 Å². The first-order valence-electron chi connectivity index (χ1n) is 14.6. The maximum atomic E-state index is 14.2. The quantitative estimate of drug-likeness (QED) is 0.291. The fourth-order valence-corrected chi connectivity index (χ4v) is 6.53. The van der Waals surface area contributed by atoms with Crippen LogP contribution in [0.25, 0.3) is 0 Å². The van der Waals surface area contributed by atoms with Crippen molar-refractivity contribution in [1.82, 2.24) is 0 Å². The molecule has 214 valence electrons. The number of unbranched alkanes of at least 4 members (excludes halogenated alkanes) is 2. The summed E-state index contributed by atoms with van der Waals surface area (Å²) in [6, 6.07) is 21.1. The standard InChI is InChI=1S/C35H38Cl2N2O2/c1-5-6-7-12-32(41)39-30-11-9-8-10-28(30)38-29-19-23(22-13-15-24(16-14-22)35(2,3)4)20-31(40)33(29)34(39)26-18-17-25(36)21-27(26)37/h8-11,13-18,21,23,34,38H,5-7,12,19-20H2,1-4H3/t23-,34-/m1/s1. The molecule has 2 aliphatic rings. The van der Waals surface area contributed by atoms with Crippen LogP contribution in [0.1, 0.15) is 94.9 Å². The van der Waals surface area contributed by atoms with Gasteiger partial charge in [0.2, 0.25) is 5.91 Å². The molecule has 5 rings (SSSR count). The lowest BCUT2D eigenvalue weighted by Crippen LogP contribution is -2.38. The number of allylic oxidation sites excluding steroid dienone is 1. The minimum atomic E-state index is -0.656. The molecule has 0 bridgehead atoms. The highest BCUT2D eigenvalue weighted by atomic mass is 35.5. The second-order valence-electron chi connectivity index (χ2n) is 12.2. The lowest BCUT2D eigenvalue weighted by molar-refractivity contribution is -0.119. The molecular weight excluding hydrogens is 551 g/mol.